The maximum absolute atomic E-state index is 11.6. The van der Waals surface area contributed by atoms with Crippen molar-refractivity contribution in [1.82, 2.24) is 0 Å². The molecule has 1 saturated carbocycles. The van der Waals surface area contributed by atoms with Crippen LogP contribution in [0.5, 0.6) is 0 Å². The molecule has 92 valence electrons. The fourth-order valence-electron chi connectivity index (χ4n) is 1.41. The molecule has 18 heavy (non-hydrogen) atoms. The van der Waals surface area contributed by atoms with Crippen molar-refractivity contribution in [2.24, 2.45) is 11.0 Å². The Hall–Kier alpha value is -1.57. The van der Waals surface area contributed by atoms with Gasteiger partial charge in [0, 0.05) is 16.0 Å². The highest BCUT2D eigenvalue weighted by molar-refractivity contribution is 6.47. The lowest BCUT2D eigenvalue weighted by Crippen LogP contribution is -2.15. The molecule has 0 amide bonds. The average Bonchev–Trinajstić information content (AvgIpc) is 3.12. The molecule has 1 N–H and O–H groups in total. The number of benzene rings is 1. The van der Waals surface area contributed by atoms with Gasteiger partial charge in [-0.15, -0.1) is 0 Å². The Bertz CT molecular complexity index is 539. The van der Waals surface area contributed by atoms with Gasteiger partial charge in [0.1, 0.15) is 6.07 Å². The number of rotatable bonds is 4. The Morgan fingerprint density at radius 1 is 1.33 bits per heavy atom. The lowest BCUT2D eigenvalue weighted by molar-refractivity contribution is -0.113. The van der Waals surface area contributed by atoms with E-state index < -0.39 is 0 Å². The van der Waals surface area contributed by atoms with E-state index in [1.54, 1.807) is 24.3 Å². The average molecular weight is 282 g/mol. The van der Waals surface area contributed by atoms with E-state index >= 15 is 0 Å². The van der Waals surface area contributed by atoms with Crippen molar-refractivity contribution < 1.29 is 4.79 Å². The lowest BCUT2D eigenvalue weighted by Gasteiger charge is -2.02. The highest BCUT2D eigenvalue weighted by Crippen LogP contribution is 2.30. The molecule has 2 rings (SSSR count). The molecule has 4 nitrogen and oxygen atoms in total. The summed E-state index contributed by atoms with van der Waals surface area (Å²) in [6, 6.07) is 6.59. The Morgan fingerprint density at radius 2 is 1.94 bits per heavy atom. The van der Waals surface area contributed by atoms with Crippen molar-refractivity contribution in [1.29, 1.82) is 5.26 Å². The van der Waals surface area contributed by atoms with Crippen molar-refractivity contribution in [3.8, 4) is 6.07 Å². The predicted octanol–water partition coefficient (Wildman–Crippen LogP) is 3.26. The number of hydrogen-bond acceptors (Lipinski definition) is 4. The number of halogens is 2. The molecular weight excluding hydrogens is 273 g/mol. The number of nitriles is 1. The van der Waals surface area contributed by atoms with Crippen LogP contribution >= 0.6 is 23.2 Å². The van der Waals surface area contributed by atoms with Gasteiger partial charge in [0.2, 0.25) is 5.71 Å². The minimum atomic E-state index is -0.210. The van der Waals surface area contributed by atoms with E-state index in [9.17, 15) is 4.79 Å². The summed E-state index contributed by atoms with van der Waals surface area (Å²) >= 11 is 11.6. The summed E-state index contributed by atoms with van der Waals surface area (Å²) in [5, 5.41) is 13.6. The van der Waals surface area contributed by atoms with Gasteiger partial charge in [-0.3, -0.25) is 10.2 Å². The quantitative estimate of drug-likeness (QED) is 0.680. The lowest BCUT2D eigenvalue weighted by atomic mass is 10.2. The van der Waals surface area contributed by atoms with Crippen LogP contribution in [0, 0.1) is 17.2 Å². The zero-order valence-corrected chi connectivity index (χ0v) is 10.8. The van der Waals surface area contributed by atoms with E-state index in [4.69, 9.17) is 28.5 Å². The van der Waals surface area contributed by atoms with Crippen LogP contribution in [-0.4, -0.2) is 11.5 Å². The first-order chi connectivity index (χ1) is 8.60. The molecule has 0 aliphatic heterocycles. The molecule has 0 atom stereocenters. The molecule has 6 heteroatoms. The molecule has 0 saturated heterocycles. The van der Waals surface area contributed by atoms with Gasteiger partial charge in [-0.05, 0) is 31.0 Å². The van der Waals surface area contributed by atoms with Gasteiger partial charge >= 0.3 is 0 Å². The van der Waals surface area contributed by atoms with E-state index in [-0.39, 0.29) is 17.4 Å². The third-order valence-corrected chi connectivity index (χ3v) is 2.88. The summed E-state index contributed by atoms with van der Waals surface area (Å²) < 4.78 is 0. The Kier molecular flexibility index (Phi) is 3.85. The first-order valence-corrected chi connectivity index (χ1v) is 6.10. The predicted molar refractivity (Wildman–Crippen MR) is 70.9 cm³/mol. The second-order valence-corrected chi connectivity index (χ2v) is 4.85. The van der Waals surface area contributed by atoms with Crippen LogP contribution in [-0.2, 0) is 4.79 Å². The van der Waals surface area contributed by atoms with Gasteiger partial charge in [-0.2, -0.15) is 10.4 Å². The minimum absolute atomic E-state index is 0.0341. The molecule has 1 fully saturated rings. The molecule has 1 aliphatic rings. The van der Waals surface area contributed by atoms with Gasteiger partial charge in [0.15, 0.2) is 5.78 Å². The number of carbonyl (C=O) groups is 1. The second kappa shape index (κ2) is 5.38. The van der Waals surface area contributed by atoms with Gasteiger partial charge in [0.25, 0.3) is 0 Å². The van der Waals surface area contributed by atoms with E-state index in [1.807, 2.05) is 0 Å². The molecule has 1 aliphatic carbocycles. The van der Waals surface area contributed by atoms with Crippen molar-refractivity contribution in [3.63, 3.8) is 0 Å². The molecule has 0 spiro atoms. The third kappa shape index (κ3) is 3.22. The van der Waals surface area contributed by atoms with Crippen LogP contribution in [0.25, 0.3) is 0 Å². The second-order valence-electron chi connectivity index (χ2n) is 3.98. The molecular formula is C12H9Cl2N3O. The largest absolute Gasteiger partial charge is 0.291 e. The molecule has 0 bridgehead atoms. The smallest absolute Gasteiger partial charge is 0.203 e. The van der Waals surface area contributed by atoms with E-state index in [1.165, 1.54) is 0 Å². The van der Waals surface area contributed by atoms with E-state index in [0.29, 0.717) is 15.7 Å². The van der Waals surface area contributed by atoms with Crippen LogP contribution in [0.1, 0.15) is 12.8 Å². The van der Waals surface area contributed by atoms with Crippen LogP contribution in [0.3, 0.4) is 0 Å². The molecule has 0 heterocycles. The van der Waals surface area contributed by atoms with Gasteiger partial charge < -0.3 is 0 Å². The monoisotopic (exact) mass is 281 g/mol. The number of nitrogens with zero attached hydrogens (tertiary/aromatic N) is 2. The first-order valence-electron chi connectivity index (χ1n) is 5.34. The highest BCUT2D eigenvalue weighted by atomic mass is 35.5. The summed E-state index contributed by atoms with van der Waals surface area (Å²) in [5.74, 6) is -0.244. The van der Waals surface area contributed by atoms with Crippen molar-refractivity contribution in [2.75, 3.05) is 5.43 Å². The number of anilines is 1. The number of nitrogens with one attached hydrogen (secondary N) is 1. The number of hydrogen-bond donors (Lipinski definition) is 1. The number of carbonyl (C=O) groups excluding carboxylic acids is 1. The standard InChI is InChI=1S/C12H9Cl2N3O/c13-8-3-9(14)5-10(4-8)16-17-11(6-15)12(18)7-1-2-7/h3-5,7,16H,1-2H2/b17-11+. The van der Waals surface area contributed by atoms with Crippen molar-refractivity contribution >= 4 is 40.4 Å². The zero-order chi connectivity index (χ0) is 13.1. The fraction of sp³-hybridized carbons (Fsp3) is 0.250. The Morgan fingerprint density at radius 3 is 2.44 bits per heavy atom. The van der Waals surface area contributed by atoms with E-state index in [0.717, 1.165) is 12.8 Å². The minimum Gasteiger partial charge on any atom is -0.291 e. The first kappa shape index (κ1) is 12.9. The zero-order valence-electron chi connectivity index (χ0n) is 9.28. The van der Waals surface area contributed by atoms with Crippen LogP contribution in [0.2, 0.25) is 10.0 Å². The summed E-state index contributed by atoms with van der Waals surface area (Å²) in [6.45, 7) is 0. The van der Waals surface area contributed by atoms with Crippen LogP contribution in [0.4, 0.5) is 5.69 Å². The van der Waals surface area contributed by atoms with Gasteiger partial charge in [-0.25, -0.2) is 0 Å². The number of hydrazone groups is 1. The Balaban J connectivity index is 2.12. The maximum atomic E-state index is 11.6. The molecule has 0 radical (unpaired) electrons. The highest BCUT2D eigenvalue weighted by Gasteiger charge is 2.32. The number of ketones is 1. The normalized spacial score (nSPS) is 15.1. The Labute approximate surface area is 114 Å². The molecule has 0 unspecified atom stereocenters. The van der Waals surface area contributed by atoms with Crippen LogP contribution in [0.15, 0.2) is 23.3 Å². The molecule has 1 aromatic carbocycles. The maximum Gasteiger partial charge on any atom is 0.203 e. The van der Waals surface area contributed by atoms with Gasteiger partial charge in [0.05, 0.1) is 5.69 Å². The number of Topliss-reactive ketones (excluding diaryl/α,β-unsaturated/α-hetero) is 1. The fourth-order valence-corrected chi connectivity index (χ4v) is 1.94. The topological polar surface area (TPSA) is 65.2 Å². The summed E-state index contributed by atoms with van der Waals surface area (Å²) in [6.07, 6.45) is 1.67. The molecule has 1 aromatic rings. The van der Waals surface area contributed by atoms with Gasteiger partial charge in [-0.1, -0.05) is 23.2 Å². The summed E-state index contributed by atoms with van der Waals surface area (Å²) in [5.41, 5.74) is 3.03. The summed E-state index contributed by atoms with van der Waals surface area (Å²) in [7, 11) is 0. The summed E-state index contributed by atoms with van der Waals surface area (Å²) in [4.78, 5) is 11.6. The van der Waals surface area contributed by atoms with Crippen LogP contribution < -0.4 is 5.43 Å². The SMILES string of the molecule is N#C/C(=N\Nc1cc(Cl)cc(Cl)c1)C(=O)C1CC1. The third-order valence-electron chi connectivity index (χ3n) is 2.45. The van der Waals surface area contributed by atoms with Crippen molar-refractivity contribution in [3.05, 3.63) is 28.2 Å². The molecule has 0 aromatic heterocycles. The van der Waals surface area contributed by atoms with E-state index in [2.05, 4.69) is 10.5 Å². The van der Waals surface area contributed by atoms with Crippen molar-refractivity contribution in [2.45, 2.75) is 12.8 Å².